The van der Waals surface area contributed by atoms with Gasteiger partial charge in [-0.05, 0) is 29.2 Å². The summed E-state index contributed by atoms with van der Waals surface area (Å²) in [4.78, 5) is 3.85. The lowest BCUT2D eigenvalue weighted by Gasteiger charge is -2.24. The maximum Gasteiger partial charge on any atom is 0.216 e. The summed E-state index contributed by atoms with van der Waals surface area (Å²) < 4.78 is 9.14. The number of pyridine rings is 1. The zero-order valence-electron chi connectivity index (χ0n) is 23.2. The third-order valence-electron chi connectivity index (χ3n) is 7.65. The molecule has 0 bridgehead atoms. The molecule has 5 aromatic rings. The van der Waals surface area contributed by atoms with E-state index >= 15 is 0 Å². The number of hydrogen-bond acceptors (Lipinski definition) is 1. The van der Waals surface area contributed by atoms with Gasteiger partial charge in [0.15, 0.2) is 11.4 Å². The highest BCUT2D eigenvalue weighted by molar-refractivity contribution is 6.89. The van der Waals surface area contributed by atoms with Crippen molar-refractivity contribution in [1.82, 2.24) is 0 Å². The Balaban J connectivity index is 1.92. The highest BCUT2D eigenvalue weighted by Gasteiger charge is 2.31. The highest BCUT2D eigenvalue weighted by atomic mass is 28.3. The number of hydrogen-bond donors (Lipinski definition) is 0. The lowest BCUT2D eigenvalue weighted by atomic mass is 9.96. The number of furan rings is 1. The second-order valence-electron chi connectivity index (χ2n) is 11.5. The number of nitrogens with zero attached hydrogens (tertiary/aromatic N) is 2. The van der Waals surface area contributed by atoms with E-state index in [2.05, 4.69) is 94.1 Å². The van der Waals surface area contributed by atoms with Gasteiger partial charge in [-0.1, -0.05) is 88.1 Å². The SMILES string of the molecule is [C-]#[N+]c1ccc2c(oc3c(-c4cc([Si](C)(C)C)c(C(C)C)c(C)[n+]4C)c(C)ccc32)c1-c1ccccc1. The van der Waals surface area contributed by atoms with E-state index in [1.54, 1.807) is 0 Å². The predicted octanol–water partition coefficient (Wildman–Crippen LogP) is 8.58. The van der Waals surface area contributed by atoms with E-state index in [9.17, 15) is 0 Å². The van der Waals surface area contributed by atoms with E-state index in [1.165, 1.54) is 27.7 Å². The monoisotopic (exact) mass is 503 g/mol. The summed E-state index contributed by atoms with van der Waals surface area (Å²) >= 11 is 0. The maximum atomic E-state index is 7.83. The van der Waals surface area contributed by atoms with Gasteiger partial charge in [-0.25, -0.2) is 4.85 Å². The van der Waals surface area contributed by atoms with Crippen molar-refractivity contribution in [1.29, 1.82) is 0 Å². The van der Waals surface area contributed by atoms with Gasteiger partial charge in [0.25, 0.3) is 0 Å². The van der Waals surface area contributed by atoms with Crippen molar-refractivity contribution in [2.75, 3.05) is 0 Å². The molecule has 37 heavy (non-hydrogen) atoms. The Bertz CT molecular complexity index is 1710. The van der Waals surface area contributed by atoms with Crippen LogP contribution in [-0.2, 0) is 7.05 Å². The molecule has 0 saturated carbocycles. The number of aryl methyl sites for hydroxylation is 1. The molecule has 0 aliphatic carbocycles. The first kappa shape index (κ1) is 25.0. The Morgan fingerprint density at radius 3 is 2.08 bits per heavy atom. The Hall–Kier alpha value is -3.68. The van der Waals surface area contributed by atoms with Crippen LogP contribution in [-0.4, -0.2) is 8.07 Å². The van der Waals surface area contributed by atoms with Gasteiger partial charge in [0.2, 0.25) is 5.69 Å². The average molecular weight is 504 g/mol. The van der Waals surface area contributed by atoms with Crippen LogP contribution in [0.15, 0.2) is 65.1 Å². The van der Waals surface area contributed by atoms with Gasteiger partial charge in [0.05, 0.1) is 20.2 Å². The minimum absolute atomic E-state index is 0.463. The Kier molecular flexibility index (Phi) is 6.08. The van der Waals surface area contributed by atoms with Crippen molar-refractivity contribution in [2.45, 2.75) is 53.3 Å². The lowest BCUT2D eigenvalue weighted by Crippen LogP contribution is -2.47. The highest BCUT2D eigenvalue weighted by Crippen LogP contribution is 2.44. The summed E-state index contributed by atoms with van der Waals surface area (Å²) in [6.07, 6.45) is 0. The number of fused-ring (bicyclic) bond motifs is 3. The first-order chi connectivity index (χ1) is 17.5. The Morgan fingerprint density at radius 2 is 1.49 bits per heavy atom. The Labute approximate surface area is 221 Å². The van der Waals surface area contributed by atoms with Crippen LogP contribution in [0.2, 0.25) is 19.6 Å². The number of aromatic nitrogens is 1. The molecule has 3 aromatic carbocycles. The van der Waals surface area contributed by atoms with Crippen molar-refractivity contribution in [3.8, 4) is 22.4 Å². The minimum Gasteiger partial charge on any atom is -0.456 e. The Morgan fingerprint density at radius 1 is 0.865 bits per heavy atom. The molecule has 0 unspecified atom stereocenters. The molecule has 0 spiro atoms. The molecule has 0 amide bonds. The minimum atomic E-state index is -1.62. The fourth-order valence-electron chi connectivity index (χ4n) is 5.74. The van der Waals surface area contributed by atoms with E-state index in [0.717, 1.165) is 38.6 Å². The molecule has 0 atom stereocenters. The molecule has 0 fully saturated rings. The average Bonchev–Trinajstić information content (AvgIpc) is 3.23. The molecule has 2 aromatic heterocycles. The molecule has 0 radical (unpaired) electrons. The molecule has 4 heteroatoms. The summed E-state index contributed by atoms with van der Waals surface area (Å²) in [5.41, 5.74) is 10.5. The van der Waals surface area contributed by atoms with Gasteiger partial charge < -0.3 is 4.42 Å². The van der Waals surface area contributed by atoms with Crippen molar-refractivity contribution in [2.24, 2.45) is 7.05 Å². The standard InChI is InChI=1S/C33H35N2OSi/c1-20(2)29-22(4)35(6)27(19-28(29)37(7,8)9)30-21(3)15-16-24-25-17-18-26(34-5)31(33(25)36-32(24)30)23-13-11-10-12-14-23/h10-20H,1-4,6-9H3/q+1. The second kappa shape index (κ2) is 9.01. The summed E-state index contributed by atoms with van der Waals surface area (Å²) in [7, 11) is 0.560. The third-order valence-corrected chi connectivity index (χ3v) is 9.68. The first-order valence-corrected chi connectivity index (χ1v) is 16.5. The fourth-order valence-corrected chi connectivity index (χ4v) is 7.59. The van der Waals surface area contributed by atoms with Gasteiger partial charge in [0, 0.05) is 34.9 Å². The van der Waals surface area contributed by atoms with Crippen LogP contribution >= 0.6 is 0 Å². The first-order valence-electron chi connectivity index (χ1n) is 13.0. The van der Waals surface area contributed by atoms with Gasteiger partial charge >= 0.3 is 0 Å². The van der Waals surface area contributed by atoms with Crippen molar-refractivity contribution < 1.29 is 8.98 Å². The van der Waals surface area contributed by atoms with E-state index in [1.807, 2.05) is 30.3 Å². The molecule has 186 valence electrons. The lowest BCUT2D eigenvalue weighted by molar-refractivity contribution is -0.667. The zero-order chi connectivity index (χ0) is 26.6. The second-order valence-corrected chi connectivity index (χ2v) is 16.5. The molecule has 0 N–H and O–H groups in total. The van der Waals surface area contributed by atoms with Crippen LogP contribution < -0.4 is 9.75 Å². The summed E-state index contributed by atoms with van der Waals surface area (Å²) in [6, 6.07) is 20.9. The van der Waals surface area contributed by atoms with Crippen LogP contribution in [0.3, 0.4) is 0 Å². The van der Waals surface area contributed by atoms with Gasteiger partial charge in [-0.3, -0.25) is 0 Å². The normalized spacial score (nSPS) is 12.0. The van der Waals surface area contributed by atoms with E-state index in [0.29, 0.717) is 11.6 Å². The topological polar surface area (TPSA) is 21.4 Å². The molecule has 0 aliphatic heterocycles. The summed E-state index contributed by atoms with van der Waals surface area (Å²) in [5.74, 6) is 0.463. The maximum absolute atomic E-state index is 7.83. The molecule has 2 heterocycles. The number of rotatable bonds is 4. The largest absolute Gasteiger partial charge is 0.456 e. The van der Waals surface area contributed by atoms with Crippen molar-refractivity contribution in [3.05, 3.63) is 88.9 Å². The van der Waals surface area contributed by atoms with Crippen LogP contribution in [0.1, 0.15) is 36.6 Å². The van der Waals surface area contributed by atoms with Crippen LogP contribution in [0, 0.1) is 20.4 Å². The quantitative estimate of drug-likeness (QED) is 0.137. The number of benzene rings is 3. The van der Waals surface area contributed by atoms with Crippen molar-refractivity contribution in [3.63, 3.8) is 0 Å². The van der Waals surface area contributed by atoms with Gasteiger partial charge in [-0.2, -0.15) is 4.57 Å². The molecule has 5 rings (SSSR count). The molecular formula is C33H35N2OSi+. The van der Waals surface area contributed by atoms with Gasteiger partial charge in [0.1, 0.15) is 18.2 Å². The van der Waals surface area contributed by atoms with Crippen LogP contribution in [0.4, 0.5) is 5.69 Å². The molecule has 0 aliphatic rings. The molecular weight excluding hydrogens is 468 g/mol. The van der Waals surface area contributed by atoms with Gasteiger partial charge in [-0.15, -0.1) is 0 Å². The van der Waals surface area contributed by atoms with E-state index < -0.39 is 8.07 Å². The van der Waals surface area contributed by atoms with Crippen LogP contribution in [0.25, 0.3) is 49.2 Å². The summed E-state index contributed by atoms with van der Waals surface area (Å²) in [6.45, 7) is 24.2. The summed E-state index contributed by atoms with van der Waals surface area (Å²) in [5, 5.41) is 3.65. The van der Waals surface area contributed by atoms with E-state index in [4.69, 9.17) is 11.0 Å². The third kappa shape index (κ3) is 3.99. The fraction of sp³-hybridized carbons (Fsp3) is 0.273. The molecule has 0 saturated heterocycles. The van der Waals surface area contributed by atoms with Crippen LogP contribution in [0.5, 0.6) is 0 Å². The van der Waals surface area contributed by atoms with E-state index in [-0.39, 0.29) is 0 Å². The predicted molar refractivity (Wildman–Crippen MR) is 159 cm³/mol. The molecule has 3 nitrogen and oxygen atoms in total. The van der Waals surface area contributed by atoms with Crippen molar-refractivity contribution >= 4 is 40.9 Å². The zero-order valence-corrected chi connectivity index (χ0v) is 24.2. The smallest absolute Gasteiger partial charge is 0.216 e.